The van der Waals surface area contributed by atoms with Crippen LogP contribution >= 0.6 is 22.9 Å². The van der Waals surface area contributed by atoms with E-state index in [0.717, 1.165) is 12.0 Å². The maximum Gasteiger partial charge on any atom is 0.315 e. The van der Waals surface area contributed by atoms with E-state index >= 15 is 0 Å². The summed E-state index contributed by atoms with van der Waals surface area (Å²) in [5.41, 5.74) is 2.28. The van der Waals surface area contributed by atoms with Crippen molar-refractivity contribution in [1.82, 2.24) is 10.6 Å². The Bertz CT molecular complexity index is 511. The van der Waals surface area contributed by atoms with Gasteiger partial charge in [-0.15, -0.1) is 0 Å². The quantitative estimate of drug-likeness (QED) is 0.871. The largest absolute Gasteiger partial charge is 0.338 e. The Hall–Kier alpha value is -1.52. The van der Waals surface area contributed by atoms with Gasteiger partial charge >= 0.3 is 6.03 Å². The molecule has 19 heavy (non-hydrogen) atoms. The average molecular weight is 295 g/mol. The number of amides is 2. The van der Waals surface area contributed by atoms with Gasteiger partial charge in [-0.25, -0.2) is 4.79 Å². The van der Waals surface area contributed by atoms with Crippen molar-refractivity contribution < 1.29 is 4.79 Å². The highest BCUT2D eigenvalue weighted by Crippen LogP contribution is 2.09. The standard InChI is InChI=1S/C14H15ClN2OS/c15-13-3-1-11(2-4-13)9-17-14(18)16-7-5-12-6-8-19-10-12/h1-4,6,8,10H,5,7,9H2,(H2,16,17,18). The van der Waals surface area contributed by atoms with Crippen LogP contribution in [0.25, 0.3) is 0 Å². The van der Waals surface area contributed by atoms with Gasteiger partial charge in [-0.1, -0.05) is 23.7 Å². The lowest BCUT2D eigenvalue weighted by Gasteiger charge is -2.07. The first-order valence-electron chi connectivity index (χ1n) is 6.01. The number of carbonyl (C=O) groups is 1. The number of hydrogen-bond donors (Lipinski definition) is 2. The molecule has 1 aromatic heterocycles. The zero-order valence-corrected chi connectivity index (χ0v) is 11.9. The Morgan fingerprint density at radius 2 is 1.89 bits per heavy atom. The number of urea groups is 1. The van der Waals surface area contributed by atoms with Crippen molar-refractivity contribution in [3.63, 3.8) is 0 Å². The van der Waals surface area contributed by atoms with Gasteiger partial charge in [0.05, 0.1) is 0 Å². The number of carbonyl (C=O) groups excluding carboxylic acids is 1. The van der Waals surface area contributed by atoms with Crippen molar-refractivity contribution >= 4 is 29.0 Å². The van der Waals surface area contributed by atoms with Gasteiger partial charge in [-0.05, 0) is 46.5 Å². The van der Waals surface area contributed by atoms with Crippen LogP contribution in [0.3, 0.4) is 0 Å². The van der Waals surface area contributed by atoms with Gasteiger partial charge in [-0.3, -0.25) is 0 Å². The number of nitrogens with one attached hydrogen (secondary N) is 2. The summed E-state index contributed by atoms with van der Waals surface area (Å²) < 4.78 is 0. The van der Waals surface area contributed by atoms with E-state index in [4.69, 9.17) is 11.6 Å². The summed E-state index contributed by atoms with van der Waals surface area (Å²) in [6.45, 7) is 1.14. The fourth-order valence-corrected chi connectivity index (χ4v) is 2.43. The topological polar surface area (TPSA) is 41.1 Å². The van der Waals surface area contributed by atoms with Gasteiger partial charge in [0.15, 0.2) is 0 Å². The van der Waals surface area contributed by atoms with Crippen LogP contribution in [0.4, 0.5) is 4.79 Å². The molecule has 0 saturated heterocycles. The van der Waals surface area contributed by atoms with E-state index in [1.807, 2.05) is 29.6 Å². The van der Waals surface area contributed by atoms with Crippen molar-refractivity contribution in [2.24, 2.45) is 0 Å². The third-order valence-corrected chi connectivity index (χ3v) is 3.63. The smallest absolute Gasteiger partial charge is 0.315 e. The van der Waals surface area contributed by atoms with Gasteiger partial charge < -0.3 is 10.6 Å². The molecule has 5 heteroatoms. The molecule has 0 fully saturated rings. The van der Waals surface area contributed by atoms with Crippen LogP contribution in [0.1, 0.15) is 11.1 Å². The fraction of sp³-hybridized carbons (Fsp3) is 0.214. The highest BCUT2D eigenvalue weighted by Gasteiger charge is 2.00. The third-order valence-electron chi connectivity index (χ3n) is 2.65. The number of thiophene rings is 1. The predicted molar refractivity (Wildman–Crippen MR) is 79.7 cm³/mol. The van der Waals surface area contributed by atoms with Crippen LogP contribution in [-0.2, 0) is 13.0 Å². The normalized spacial score (nSPS) is 10.2. The minimum atomic E-state index is -0.148. The number of halogens is 1. The Kier molecular flexibility index (Phi) is 5.24. The first kappa shape index (κ1) is 13.9. The van der Waals surface area contributed by atoms with Crippen molar-refractivity contribution in [2.45, 2.75) is 13.0 Å². The lowest BCUT2D eigenvalue weighted by molar-refractivity contribution is 0.240. The molecule has 2 N–H and O–H groups in total. The summed E-state index contributed by atoms with van der Waals surface area (Å²) in [5, 5.41) is 10.5. The minimum Gasteiger partial charge on any atom is -0.338 e. The molecule has 2 aromatic rings. The zero-order chi connectivity index (χ0) is 13.5. The van der Waals surface area contributed by atoms with Crippen LogP contribution < -0.4 is 10.6 Å². The van der Waals surface area contributed by atoms with E-state index in [-0.39, 0.29) is 6.03 Å². The van der Waals surface area contributed by atoms with E-state index in [1.54, 1.807) is 11.3 Å². The summed E-state index contributed by atoms with van der Waals surface area (Å²) in [7, 11) is 0. The summed E-state index contributed by atoms with van der Waals surface area (Å²) in [4.78, 5) is 11.6. The minimum absolute atomic E-state index is 0.148. The second kappa shape index (κ2) is 7.16. The molecule has 1 aromatic carbocycles. The van der Waals surface area contributed by atoms with Crippen LogP contribution in [0.5, 0.6) is 0 Å². The molecule has 0 aliphatic rings. The van der Waals surface area contributed by atoms with Crippen LogP contribution in [0, 0.1) is 0 Å². The van der Waals surface area contributed by atoms with Crippen molar-refractivity contribution in [1.29, 1.82) is 0 Å². The molecule has 0 spiro atoms. The maximum atomic E-state index is 11.6. The summed E-state index contributed by atoms with van der Waals surface area (Å²) in [6, 6.07) is 9.34. The molecular formula is C14H15ClN2OS. The molecule has 0 atom stereocenters. The second-order valence-corrected chi connectivity index (χ2v) is 5.33. The number of hydrogen-bond acceptors (Lipinski definition) is 2. The molecule has 0 aliphatic carbocycles. The summed E-state index contributed by atoms with van der Waals surface area (Å²) in [6.07, 6.45) is 0.859. The van der Waals surface area contributed by atoms with E-state index in [9.17, 15) is 4.79 Å². The molecule has 0 saturated carbocycles. The van der Waals surface area contributed by atoms with Crippen molar-refractivity contribution in [3.8, 4) is 0 Å². The number of benzene rings is 1. The summed E-state index contributed by atoms with van der Waals surface area (Å²) in [5.74, 6) is 0. The average Bonchev–Trinajstić information content (AvgIpc) is 2.91. The molecule has 0 aliphatic heterocycles. The summed E-state index contributed by atoms with van der Waals surface area (Å²) >= 11 is 7.46. The monoisotopic (exact) mass is 294 g/mol. The molecule has 1 heterocycles. The van der Waals surface area contributed by atoms with Gasteiger partial charge in [0.1, 0.15) is 0 Å². The van der Waals surface area contributed by atoms with Crippen LogP contribution in [-0.4, -0.2) is 12.6 Å². The SMILES string of the molecule is O=C(NCCc1ccsc1)NCc1ccc(Cl)cc1. The molecule has 0 radical (unpaired) electrons. The lowest BCUT2D eigenvalue weighted by Crippen LogP contribution is -2.36. The Morgan fingerprint density at radius 1 is 1.11 bits per heavy atom. The van der Waals surface area contributed by atoms with E-state index in [1.165, 1.54) is 5.56 Å². The highest BCUT2D eigenvalue weighted by molar-refractivity contribution is 7.07. The first-order valence-corrected chi connectivity index (χ1v) is 7.33. The van der Waals surface area contributed by atoms with Crippen LogP contribution in [0.2, 0.25) is 5.02 Å². The predicted octanol–water partition coefficient (Wildman–Crippen LogP) is 3.44. The molecule has 0 unspecified atom stereocenters. The maximum absolute atomic E-state index is 11.6. The molecule has 0 bridgehead atoms. The van der Waals surface area contributed by atoms with Gasteiger partial charge in [0.25, 0.3) is 0 Å². The molecule has 100 valence electrons. The Morgan fingerprint density at radius 3 is 2.58 bits per heavy atom. The van der Waals surface area contributed by atoms with E-state index in [2.05, 4.69) is 22.1 Å². The number of rotatable bonds is 5. The molecular weight excluding hydrogens is 280 g/mol. The highest BCUT2D eigenvalue weighted by atomic mass is 35.5. The Balaban J connectivity index is 1.65. The lowest BCUT2D eigenvalue weighted by atomic mass is 10.2. The van der Waals surface area contributed by atoms with Crippen molar-refractivity contribution in [2.75, 3.05) is 6.54 Å². The van der Waals surface area contributed by atoms with Crippen LogP contribution in [0.15, 0.2) is 41.1 Å². The van der Waals surface area contributed by atoms with Gasteiger partial charge in [0, 0.05) is 18.1 Å². The van der Waals surface area contributed by atoms with E-state index < -0.39 is 0 Å². The molecule has 2 rings (SSSR count). The zero-order valence-electron chi connectivity index (χ0n) is 10.4. The second-order valence-electron chi connectivity index (χ2n) is 4.12. The van der Waals surface area contributed by atoms with Gasteiger partial charge in [-0.2, -0.15) is 11.3 Å². The third kappa shape index (κ3) is 4.93. The van der Waals surface area contributed by atoms with E-state index in [0.29, 0.717) is 18.1 Å². The Labute approximate surface area is 121 Å². The first-order chi connectivity index (χ1) is 9.24. The molecule has 3 nitrogen and oxygen atoms in total. The van der Waals surface area contributed by atoms with Crippen molar-refractivity contribution in [3.05, 3.63) is 57.2 Å². The fourth-order valence-electron chi connectivity index (χ4n) is 1.60. The van der Waals surface area contributed by atoms with Gasteiger partial charge in [0.2, 0.25) is 0 Å². The molecule has 2 amide bonds.